The van der Waals surface area contributed by atoms with Gasteiger partial charge in [-0.1, -0.05) is 5.21 Å². The molecule has 2 aromatic rings. The highest BCUT2D eigenvalue weighted by Crippen LogP contribution is 2.20. The van der Waals surface area contributed by atoms with Crippen LogP contribution in [-0.2, 0) is 13.6 Å². The van der Waals surface area contributed by atoms with Crippen LogP contribution in [0.15, 0.2) is 12.4 Å². The lowest BCUT2D eigenvalue weighted by Crippen LogP contribution is -2.24. The van der Waals surface area contributed by atoms with Crippen LogP contribution in [0.25, 0.3) is 0 Å². The third-order valence-corrected chi connectivity index (χ3v) is 3.26. The molecule has 0 aliphatic carbocycles. The predicted molar refractivity (Wildman–Crippen MR) is 69.1 cm³/mol. The van der Waals surface area contributed by atoms with Gasteiger partial charge in [-0.05, 0) is 20.8 Å². The van der Waals surface area contributed by atoms with Crippen LogP contribution in [0.1, 0.15) is 29.9 Å². The molecule has 0 saturated carbocycles. The van der Waals surface area contributed by atoms with Gasteiger partial charge in [-0.3, -0.25) is 9.36 Å². The van der Waals surface area contributed by atoms with Crippen molar-refractivity contribution in [1.29, 1.82) is 0 Å². The average molecular weight is 248 g/mol. The van der Waals surface area contributed by atoms with Crippen molar-refractivity contribution in [3.63, 3.8) is 0 Å². The first-order valence-electron chi connectivity index (χ1n) is 6.17. The molecule has 1 atom stereocenters. The van der Waals surface area contributed by atoms with Crippen molar-refractivity contribution >= 4 is 0 Å². The number of hydrogen-bond donors (Lipinski definition) is 1. The molecule has 98 valence electrons. The third kappa shape index (κ3) is 2.59. The number of nitrogens with one attached hydrogen (secondary N) is 1. The molecule has 6 heteroatoms. The molecule has 0 amide bonds. The summed E-state index contributed by atoms with van der Waals surface area (Å²) in [6, 6.07) is 0.294. The van der Waals surface area contributed by atoms with E-state index in [1.807, 2.05) is 22.6 Å². The van der Waals surface area contributed by atoms with Crippen molar-refractivity contribution < 1.29 is 0 Å². The van der Waals surface area contributed by atoms with Crippen molar-refractivity contribution in [2.75, 3.05) is 6.54 Å². The molecule has 0 fully saturated rings. The lowest BCUT2D eigenvalue weighted by atomic mass is 10.1. The van der Waals surface area contributed by atoms with E-state index < -0.39 is 0 Å². The maximum Gasteiger partial charge on any atom is 0.0692 e. The van der Waals surface area contributed by atoms with E-state index in [-0.39, 0.29) is 0 Å². The molecule has 1 N–H and O–H groups in total. The zero-order chi connectivity index (χ0) is 13.1. The Bertz CT molecular complexity index is 499. The fraction of sp³-hybridized carbons (Fsp3) is 0.583. The molecule has 18 heavy (non-hydrogen) atoms. The van der Waals surface area contributed by atoms with Crippen LogP contribution in [0.5, 0.6) is 0 Å². The summed E-state index contributed by atoms with van der Waals surface area (Å²) in [7, 11) is 1.98. The normalized spacial score (nSPS) is 12.9. The molecule has 6 nitrogen and oxygen atoms in total. The minimum absolute atomic E-state index is 0.294. The van der Waals surface area contributed by atoms with Gasteiger partial charge in [-0.15, -0.1) is 5.10 Å². The number of hydrogen-bond acceptors (Lipinski definition) is 4. The molecule has 0 bridgehead atoms. The standard InChI is InChI=1S/C12H20N6/c1-9(12-10(2)15-17(4)11(12)3)13-5-7-18-8-6-14-16-18/h6,8-9,13H,5,7H2,1-4H3. The van der Waals surface area contributed by atoms with Gasteiger partial charge < -0.3 is 5.32 Å². The molecule has 0 aliphatic rings. The second kappa shape index (κ2) is 5.30. The van der Waals surface area contributed by atoms with Crippen LogP contribution in [0.3, 0.4) is 0 Å². The zero-order valence-corrected chi connectivity index (χ0v) is 11.4. The number of aryl methyl sites for hydroxylation is 2. The van der Waals surface area contributed by atoms with Gasteiger partial charge >= 0.3 is 0 Å². The highest BCUT2D eigenvalue weighted by atomic mass is 15.4. The molecular formula is C12H20N6. The van der Waals surface area contributed by atoms with E-state index in [0.29, 0.717) is 6.04 Å². The van der Waals surface area contributed by atoms with Crippen LogP contribution in [0, 0.1) is 13.8 Å². The van der Waals surface area contributed by atoms with Crippen molar-refractivity contribution in [2.45, 2.75) is 33.4 Å². The van der Waals surface area contributed by atoms with Crippen LogP contribution in [0.2, 0.25) is 0 Å². The maximum absolute atomic E-state index is 4.44. The molecule has 2 heterocycles. The smallest absolute Gasteiger partial charge is 0.0692 e. The zero-order valence-electron chi connectivity index (χ0n) is 11.4. The van der Waals surface area contributed by atoms with E-state index in [2.05, 4.69) is 41.5 Å². The lowest BCUT2D eigenvalue weighted by molar-refractivity contribution is 0.497. The Morgan fingerprint density at radius 1 is 1.39 bits per heavy atom. The quantitative estimate of drug-likeness (QED) is 0.857. The first-order valence-corrected chi connectivity index (χ1v) is 6.17. The summed E-state index contributed by atoms with van der Waals surface area (Å²) in [5.74, 6) is 0. The number of aromatic nitrogens is 5. The topological polar surface area (TPSA) is 60.6 Å². The SMILES string of the molecule is Cc1nn(C)c(C)c1C(C)NCCn1ccnn1. The van der Waals surface area contributed by atoms with Crippen LogP contribution >= 0.6 is 0 Å². The molecule has 0 spiro atoms. The van der Waals surface area contributed by atoms with Gasteiger partial charge in [0.2, 0.25) is 0 Å². The summed E-state index contributed by atoms with van der Waals surface area (Å²) in [5, 5.41) is 15.6. The Hall–Kier alpha value is -1.69. The summed E-state index contributed by atoms with van der Waals surface area (Å²) < 4.78 is 3.75. The highest BCUT2D eigenvalue weighted by molar-refractivity contribution is 5.27. The monoisotopic (exact) mass is 248 g/mol. The predicted octanol–water partition coefficient (Wildman–Crippen LogP) is 0.979. The molecule has 1 unspecified atom stereocenters. The summed E-state index contributed by atoms with van der Waals surface area (Å²) in [4.78, 5) is 0. The average Bonchev–Trinajstić information content (AvgIpc) is 2.89. The molecule has 0 saturated heterocycles. The molecule has 0 aliphatic heterocycles. The van der Waals surface area contributed by atoms with E-state index >= 15 is 0 Å². The molecule has 2 rings (SSSR count). The highest BCUT2D eigenvalue weighted by Gasteiger charge is 2.15. The second-order valence-corrected chi connectivity index (χ2v) is 4.55. The first kappa shape index (κ1) is 12.8. The first-order chi connectivity index (χ1) is 8.59. The fourth-order valence-corrected chi connectivity index (χ4v) is 2.27. The van der Waals surface area contributed by atoms with Crippen LogP contribution < -0.4 is 5.32 Å². The Morgan fingerprint density at radius 3 is 2.72 bits per heavy atom. The minimum atomic E-state index is 0.294. The lowest BCUT2D eigenvalue weighted by Gasteiger charge is -2.14. The number of nitrogens with zero attached hydrogens (tertiary/aromatic N) is 5. The maximum atomic E-state index is 4.44. The van der Waals surface area contributed by atoms with E-state index in [1.165, 1.54) is 11.3 Å². The van der Waals surface area contributed by atoms with E-state index in [1.54, 1.807) is 6.20 Å². The largest absolute Gasteiger partial charge is 0.308 e. The molecule has 0 aromatic carbocycles. The summed E-state index contributed by atoms with van der Waals surface area (Å²) >= 11 is 0. The van der Waals surface area contributed by atoms with Crippen molar-refractivity contribution in [3.05, 3.63) is 29.3 Å². The Labute approximate surface area is 107 Å². The third-order valence-electron chi connectivity index (χ3n) is 3.26. The van der Waals surface area contributed by atoms with Gasteiger partial charge in [-0.25, -0.2) is 0 Å². The number of rotatable bonds is 5. The molecule has 0 radical (unpaired) electrons. The van der Waals surface area contributed by atoms with Gasteiger partial charge in [0, 0.05) is 37.1 Å². The fourth-order valence-electron chi connectivity index (χ4n) is 2.27. The molecular weight excluding hydrogens is 228 g/mol. The van der Waals surface area contributed by atoms with Gasteiger partial charge in [0.25, 0.3) is 0 Å². The minimum Gasteiger partial charge on any atom is -0.308 e. The van der Waals surface area contributed by atoms with Gasteiger partial charge in [-0.2, -0.15) is 5.10 Å². The van der Waals surface area contributed by atoms with Crippen molar-refractivity contribution in [3.8, 4) is 0 Å². The summed E-state index contributed by atoms with van der Waals surface area (Å²) in [6.07, 6.45) is 3.56. The Balaban J connectivity index is 1.93. The van der Waals surface area contributed by atoms with Crippen molar-refractivity contribution in [2.24, 2.45) is 7.05 Å². The Kier molecular flexibility index (Phi) is 3.76. The van der Waals surface area contributed by atoms with E-state index in [9.17, 15) is 0 Å². The Morgan fingerprint density at radius 2 is 2.17 bits per heavy atom. The van der Waals surface area contributed by atoms with Crippen molar-refractivity contribution in [1.82, 2.24) is 30.1 Å². The van der Waals surface area contributed by atoms with Crippen LogP contribution in [-0.4, -0.2) is 31.3 Å². The van der Waals surface area contributed by atoms with Gasteiger partial charge in [0.05, 0.1) is 18.4 Å². The van der Waals surface area contributed by atoms with Crippen LogP contribution in [0.4, 0.5) is 0 Å². The van der Waals surface area contributed by atoms with E-state index in [4.69, 9.17) is 0 Å². The summed E-state index contributed by atoms with van der Waals surface area (Å²) in [6.45, 7) is 8.00. The molecule has 2 aromatic heterocycles. The summed E-state index contributed by atoms with van der Waals surface area (Å²) in [5.41, 5.74) is 3.60. The van der Waals surface area contributed by atoms with Gasteiger partial charge in [0.1, 0.15) is 0 Å². The second-order valence-electron chi connectivity index (χ2n) is 4.55. The van der Waals surface area contributed by atoms with Gasteiger partial charge in [0.15, 0.2) is 0 Å². The van der Waals surface area contributed by atoms with E-state index in [0.717, 1.165) is 18.8 Å².